The molecule has 118 valence electrons. The van der Waals surface area contributed by atoms with E-state index in [0.717, 1.165) is 6.07 Å². The summed E-state index contributed by atoms with van der Waals surface area (Å²) in [7, 11) is -5.42. The van der Waals surface area contributed by atoms with Gasteiger partial charge in [-0.3, -0.25) is 0 Å². The van der Waals surface area contributed by atoms with Gasteiger partial charge in [0.25, 0.3) is 9.84 Å². The van der Waals surface area contributed by atoms with Gasteiger partial charge in [-0.1, -0.05) is 12.1 Å². The number of aliphatic hydroxyl groups is 1. The molecule has 0 bridgehead atoms. The van der Waals surface area contributed by atoms with Crippen molar-refractivity contribution in [3.05, 3.63) is 24.3 Å². The van der Waals surface area contributed by atoms with E-state index < -0.39 is 25.8 Å². The molecule has 0 aliphatic carbocycles. The van der Waals surface area contributed by atoms with Crippen molar-refractivity contribution < 1.29 is 26.7 Å². The first kappa shape index (κ1) is 16.1. The smallest absolute Gasteiger partial charge is 0.388 e. The van der Waals surface area contributed by atoms with Crippen LogP contribution < -0.4 is 4.90 Å². The Labute approximate surface area is 121 Å². The highest BCUT2D eigenvalue weighted by Crippen LogP contribution is 2.37. The van der Waals surface area contributed by atoms with Gasteiger partial charge in [0.1, 0.15) is 0 Å². The number of β-amino-alcohol motifs (C(OH)–C–C–N with tert-alkyl or cyclic N) is 1. The molecule has 0 spiro atoms. The van der Waals surface area contributed by atoms with Gasteiger partial charge in [0.15, 0.2) is 0 Å². The van der Waals surface area contributed by atoms with Crippen molar-refractivity contribution in [1.29, 1.82) is 0 Å². The summed E-state index contributed by atoms with van der Waals surface area (Å²) in [5.74, 6) is 0. The Balaban J connectivity index is 2.48. The molecular formula is C13H16F3NO3S. The van der Waals surface area contributed by atoms with E-state index >= 15 is 0 Å². The Morgan fingerprint density at radius 1 is 1.29 bits per heavy atom. The molecule has 0 radical (unpaired) electrons. The van der Waals surface area contributed by atoms with E-state index in [2.05, 4.69) is 0 Å². The predicted octanol–water partition coefficient (Wildman–Crippen LogP) is 2.33. The first-order chi connectivity index (χ1) is 9.55. The zero-order chi connectivity index (χ0) is 15.9. The molecular weight excluding hydrogens is 307 g/mol. The largest absolute Gasteiger partial charge is 0.501 e. The SMILES string of the molecule is CC1(O)CCCN(c2ccccc2S(=O)(=O)C(F)(F)F)C1. The molecule has 1 aromatic carbocycles. The summed E-state index contributed by atoms with van der Waals surface area (Å²) >= 11 is 0. The highest BCUT2D eigenvalue weighted by atomic mass is 32.2. The van der Waals surface area contributed by atoms with Crippen LogP contribution in [0.2, 0.25) is 0 Å². The molecule has 1 saturated heterocycles. The monoisotopic (exact) mass is 323 g/mol. The number of halogens is 3. The molecule has 8 heteroatoms. The van der Waals surface area contributed by atoms with E-state index in [0.29, 0.717) is 19.4 Å². The normalized spacial score (nSPS) is 24.1. The zero-order valence-corrected chi connectivity index (χ0v) is 12.2. The van der Waals surface area contributed by atoms with Crippen LogP contribution in [0.5, 0.6) is 0 Å². The first-order valence-corrected chi connectivity index (χ1v) is 7.91. The van der Waals surface area contributed by atoms with Crippen LogP contribution >= 0.6 is 0 Å². The quantitative estimate of drug-likeness (QED) is 0.907. The van der Waals surface area contributed by atoms with Crippen molar-refractivity contribution in [2.45, 2.75) is 35.8 Å². The number of hydrogen-bond donors (Lipinski definition) is 1. The maximum Gasteiger partial charge on any atom is 0.501 e. The Kier molecular flexibility index (Phi) is 3.96. The lowest BCUT2D eigenvalue weighted by Gasteiger charge is -2.39. The Hall–Kier alpha value is -1.28. The van der Waals surface area contributed by atoms with Crippen LogP contribution in [0.1, 0.15) is 19.8 Å². The number of anilines is 1. The van der Waals surface area contributed by atoms with Gasteiger partial charge in [-0.2, -0.15) is 13.2 Å². The summed E-state index contributed by atoms with van der Waals surface area (Å²) < 4.78 is 61.6. The lowest BCUT2D eigenvalue weighted by Crippen LogP contribution is -2.46. The van der Waals surface area contributed by atoms with Crippen LogP contribution in [0.25, 0.3) is 0 Å². The third-order valence-corrected chi connectivity index (χ3v) is 5.01. The molecule has 21 heavy (non-hydrogen) atoms. The van der Waals surface area contributed by atoms with Gasteiger partial charge in [0.05, 0.1) is 16.2 Å². The maximum atomic E-state index is 12.8. The van der Waals surface area contributed by atoms with Gasteiger partial charge in [-0.15, -0.1) is 0 Å². The number of rotatable bonds is 2. The molecule has 1 aliphatic heterocycles. The standard InChI is InChI=1S/C13H16F3NO3S/c1-12(18)7-4-8-17(9-12)10-5-2-3-6-11(10)21(19,20)13(14,15)16/h2-3,5-6,18H,4,7-9H2,1H3. The van der Waals surface area contributed by atoms with Gasteiger partial charge < -0.3 is 10.0 Å². The van der Waals surface area contributed by atoms with Gasteiger partial charge in [0.2, 0.25) is 0 Å². The Bertz CT molecular complexity index is 626. The van der Waals surface area contributed by atoms with Crippen LogP contribution in [-0.2, 0) is 9.84 Å². The zero-order valence-electron chi connectivity index (χ0n) is 11.4. The minimum Gasteiger partial charge on any atom is -0.388 e. The van der Waals surface area contributed by atoms with Crippen LogP contribution in [-0.4, -0.2) is 37.7 Å². The number of nitrogens with zero attached hydrogens (tertiary/aromatic N) is 1. The number of hydrogen-bond acceptors (Lipinski definition) is 4. The molecule has 2 rings (SSSR count). The number of piperidine rings is 1. The third-order valence-electron chi connectivity index (χ3n) is 3.48. The summed E-state index contributed by atoms with van der Waals surface area (Å²) in [6, 6.07) is 5.01. The lowest BCUT2D eigenvalue weighted by atomic mass is 9.95. The molecule has 1 aromatic rings. The Morgan fingerprint density at radius 2 is 1.90 bits per heavy atom. The second-order valence-electron chi connectivity index (χ2n) is 5.44. The molecule has 1 aliphatic rings. The highest BCUT2D eigenvalue weighted by Gasteiger charge is 2.48. The fourth-order valence-electron chi connectivity index (χ4n) is 2.50. The van der Waals surface area contributed by atoms with Crippen molar-refractivity contribution in [2.24, 2.45) is 0 Å². The average Bonchev–Trinajstić information content (AvgIpc) is 2.36. The summed E-state index contributed by atoms with van der Waals surface area (Å²) in [4.78, 5) is 0.720. The van der Waals surface area contributed by atoms with E-state index in [1.54, 1.807) is 6.92 Å². The summed E-state index contributed by atoms with van der Waals surface area (Å²) in [5, 5.41) is 10.0. The van der Waals surface area contributed by atoms with Crippen LogP contribution in [0, 0.1) is 0 Å². The Morgan fingerprint density at radius 3 is 2.48 bits per heavy atom. The maximum absolute atomic E-state index is 12.8. The second-order valence-corrected chi connectivity index (χ2v) is 7.35. The molecule has 4 nitrogen and oxygen atoms in total. The first-order valence-electron chi connectivity index (χ1n) is 6.42. The van der Waals surface area contributed by atoms with Crippen molar-refractivity contribution in [1.82, 2.24) is 0 Å². The molecule has 1 fully saturated rings. The molecule has 1 atom stereocenters. The molecule has 0 amide bonds. The molecule has 1 heterocycles. The third kappa shape index (κ3) is 3.16. The molecule has 0 saturated carbocycles. The van der Waals surface area contributed by atoms with E-state index in [9.17, 15) is 26.7 Å². The lowest BCUT2D eigenvalue weighted by molar-refractivity contribution is -0.0435. The molecule has 1 unspecified atom stereocenters. The van der Waals surface area contributed by atoms with Crippen LogP contribution in [0.3, 0.4) is 0 Å². The topological polar surface area (TPSA) is 57.6 Å². The molecule has 0 aromatic heterocycles. The van der Waals surface area contributed by atoms with E-state index in [1.807, 2.05) is 0 Å². The fourth-order valence-corrected chi connectivity index (χ4v) is 3.48. The van der Waals surface area contributed by atoms with E-state index in [-0.39, 0.29) is 12.2 Å². The van der Waals surface area contributed by atoms with E-state index in [1.165, 1.54) is 23.1 Å². The minimum absolute atomic E-state index is 0.0187. The van der Waals surface area contributed by atoms with Crippen molar-refractivity contribution in [3.8, 4) is 0 Å². The minimum atomic E-state index is -5.42. The van der Waals surface area contributed by atoms with Crippen molar-refractivity contribution in [3.63, 3.8) is 0 Å². The summed E-state index contributed by atoms with van der Waals surface area (Å²) in [6.07, 6.45) is 1.10. The van der Waals surface area contributed by atoms with Gasteiger partial charge in [-0.05, 0) is 31.9 Å². The van der Waals surface area contributed by atoms with Crippen molar-refractivity contribution in [2.75, 3.05) is 18.0 Å². The fraction of sp³-hybridized carbons (Fsp3) is 0.538. The number of alkyl halides is 3. The van der Waals surface area contributed by atoms with Crippen LogP contribution in [0.4, 0.5) is 18.9 Å². The molecule has 1 N–H and O–H groups in total. The van der Waals surface area contributed by atoms with Gasteiger partial charge in [0, 0.05) is 13.1 Å². The van der Waals surface area contributed by atoms with E-state index in [4.69, 9.17) is 0 Å². The number of sulfone groups is 1. The predicted molar refractivity (Wildman–Crippen MR) is 71.8 cm³/mol. The van der Waals surface area contributed by atoms with Gasteiger partial charge >= 0.3 is 5.51 Å². The summed E-state index contributed by atoms with van der Waals surface area (Å²) in [5.41, 5.74) is -6.41. The van der Waals surface area contributed by atoms with Gasteiger partial charge in [-0.25, -0.2) is 8.42 Å². The number of benzene rings is 1. The summed E-state index contributed by atoms with van der Waals surface area (Å²) in [6.45, 7) is 2.08. The number of para-hydroxylation sites is 1. The van der Waals surface area contributed by atoms with Crippen LogP contribution in [0.15, 0.2) is 29.2 Å². The highest BCUT2D eigenvalue weighted by molar-refractivity contribution is 7.92. The average molecular weight is 323 g/mol. The van der Waals surface area contributed by atoms with Crippen molar-refractivity contribution >= 4 is 15.5 Å². The second kappa shape index (κ2) is 5.17.